The van der Waals surface area contributed by atoms with E-state index in [1.54, 1.807) is 25.1 Å². The number of rotatable bonds is 8. The standard InChI is InChI=1S/C11H17BrN2O2S/c1-16-5-4-13-7-10(15)8-17-11-3-2-9(12)6-14-11/h2-3,6,10,13,15H,4-5,7-8H2,1H3. The van der Waals surface area contributed by atoms with Crippen LogP contribution in [0.25, 0.3) is 0 Å². The number of nitrogens with zero attached hydrogens (tertiary/aromatic N) is 1. The van der Waals surface area contributed by atoms with Gasteiger partial charge in [0.25, 0.3) is 0 Å². The van der Waals surface area contributed by atoms with E-state index in [2.05, 4.69) is 26.2 Å². The van der Waals surface area contributed by atoms with Crippen LogP contribution in [0.2, 0.25) is 0 Å². The average molecular weight is 321 g/mol. The molecule has 0 aliphatic rings. The molecule has 4 nitrogen and oxygen atoms in total. The van der Waals surface area contributed by atoms with Crippen LogP contribution in [0.5, 0.6) is 0 Å². The third-order valence-electron chi connectivity index (χ3n) is 1.99. The van der Waals surface area contributed by atoms with Crippen LogP contribution in [0.15, 0.2) is 27.8 Å². The second-order valence-electron chi connectivity index (χ2n) is 3.48. The van der Waals surface area contributed by atoms with Crippen LogP contribution in [0.3, 0.4) is 0 Å². The quantitative estimate of drug-likeness (QED) is 0.562. The number of aliphatic hydroxyl groups is 1. The minimum atomic E-state index is -0.373. The van der Waals surface area contributed by atoms with E-state index < -0.39 is 0 Å². The van der Waals surface area contributed by atoms with E-state index in [-0.39, 0.29) is 6.10 Å². The van der Waals surface area contributed by atoms with Crippen molar-refractivity contribution in [3.8, 4) is 0 Å². The highest BCUT2D eigenvalue weighted by Crippen LogP contribution is 2.17. The van der Waals surface area contributed by atoms with Crippen molar-refractivity contribution in [1.82, 2.24) is 10.3 Å². The molecule has 0 bridgehead atoms. The summed E-state index contributed by atoms with van der Waals surface area (Å²) in [5.74, 6) is 0.634. The fourth-order valence-corrected chi connectivity index (χ4v) is 2.14. The van der Waals surface area contributed by atoms with Gasteiger partial charge in [-0.25, -0.2) is 4.98 Å². The Morgan fingerprint density at radius 3 is 3.06 bits per heavy atom. The predicted molar refractivity (Wildman–Crippen MR) is 73.4 cm³/mol. The Kier molecular flexibility index (Phi) is 7.79. The molecule has 1 aromatic rings. The number of nitrogens with one attached hydrogen (secondary N) is 1. The number of aromatic nitrogens is 1. The number of hydrogen-bond donors (Lipinski definition) is 2. The van der Waals surface area contributed by atoms with Crippen LogP contribution < -0.4 is 5.32 Å². The highest BCUT2D eigenvalue weighted by molar-refractivity contribution is 9.10. The Bertz CT molecular complexity index is 311. The summed E-state index contributed by atoms with van der Waals surface area (Å²) < 4.78 is 5.86. The van der Waals surface area contributed by atoms with Gasteiger partial charge in [0.05, 0.1) is 17.7 Å². The van der Waals surface area contributed by atoms with E-state index in [0.29, 0.717) is 18.9 Å². The summed E-state index contributed by atoms with van der Waals surface area (Å²) in [6.45, 7) is 2.00. The molecule has 6 heteroatoms. The zero-order valence-electron chi connectivity index (χ0n) is 9.73. The van der Waals surface area contributed by atoms with Gasteiger partial charge >= 0.3 is 0 Å². The number of aliphatic hydroxyl groups excluding tert-OH is 1. The third kappa shape index (κ3) is 7.00. The molecule has 17 heavy (non-hydrogen) atoms. The first-order chi connectivity index (χ1) is 8.22. The molecule has 0 amide bonds. The van der Waals surface area contributed by atoms with E-state index in [0.717, 1.165) is 16.0 Å². The minimum Gasteiger partial charge on any atom is -0.391 e. The van der Waals surface area contributed by atoms with E-state index in [9.17, 15) is 5.11 Å². The van der Waals surface area contributed by atoms with Crippen LogP contribution >= 0.6 is 27.7 Å². The van der Waals surface area contributed by atoms with Crippen molar-refractivity contribution in [3.05, 3.63) is 22.8 Å². The van der Waals surface area contributed by atoms with Gasteiger partial charge in [0.1, 0.15) is 0 Å². The van der Waals surface area contributed by atoms with Crippen LogP contribution in [-0.4, -0.2) is 48.8 Å². The number of ether oxygens (including phenoxy) is 1. The summed E-state index contributed by atoms with van der Waals surface area (Å²) in [5.41, 5.74) is 0. The van der Waals surface area contributed by atoms with Crippen LogP contribution in [-0.2, 0) is 4.74 Å². The molecule has 0 aromatic carbocycles. The van der Waals surface area contributed by atoms with Gasteiger partial charge in [-0.2, -0.15) is 0 Å². The zero-order valence-corrected chi connectivity index (χ0v) is 12.1. The van der Waals surface area contributed by atoms with Crippen LogP contribution in [0, 0.1) is 0 Å². The van der Waals surface area contributed by atoms with E-state index >= 15 is 0 Å². The third-order valence-corrected chi connectivity index (χ3v) is 3.54. The van der Waals surface area contributed by atoms with Crippen LogP contribution in [0.4, 0.5) is 0 Å². The van der Waals surface area contributed by atoms with Crippen LogP contribution in [0.1, 0.15) is 0 Å². The Labute approximate surface area is 114 Å². The van der Waals surface area contributed by atoms with Gasteiger partial charge in [-0.15, -0.1) is 11.8 Å². The maximum absolute atomic E-state index is 9.70. The molecule has 1 aromatic heterocycles. The fraction of sp³-hybridized carbons (Fsp3) is 0.545. The normalized spacial score (nSPS) is 12.6. The first kappa shape index (κ1) is 14.9. The average Bonchev–Trinajstić information content (AvgIpc) is 2.34. The summed E-state index contributed by atoms with van der Waals surface area (Å²) in [7, 11) is 1.66. The van der Waals surface area contributed by atoms with E-state index in [1.165, 1.54) is 0 Å². The minimum absolute atomic E-state index is 0.373. The second kappa shape index (κ2) is 8.88. The van der Waals surface area contributed by atoms with Crippen molar-refractivity contribution in [2.45, 2.75) is 11.1 Å². The summed E-state index contributed by atoms with van der Waals surface area (Å²) in [6.07, 6.45) is 1.38. The molecule has 0 saturated heterocycles. The Balaban J connectivity index is 2.14. The van der Waals surface area contributed by atoms with Crippen molar-refractivity contribution < 1.29 is 9.84 Å². The largest absolute Gasteiger partial charge is 0.391 e. The molecular weight excluding hydrogens is 304 g/mol. The molecule has 0 saturated carbocycles. The van der Waals surface area contributed by atoms with Crippen molar-refractivity contribution in [3.63, 3.8) is 0 Å². The summed E-state index contributed by atoms with van der Waals surface area (Å²) in [5, 5.41) is 13.7. The summed E-state index contributed by atoms with van der Waals surface area (Å²) in [4.78, 5) is 4.22. The molecule has 1 rings (SSSR count). The first-order valence-electron chi connectivity index (χ1n) is 5.34. The van der Waals surface area contributed by atoms with Gasteiger partial charge in [0, 0.05) is 36.6 Å². The lowest BCUT2D eigenvalue weighted by Gasteiger charge is -2.10. The van der Waals surface area contributed by atoms with E-state index in [4.69, 9.17) is 4.74 Å². The molecule has 0 spiro atoms. The molecular formula is C11H17BrN2O2S. The lowest BCUT2D eigenvalue weighted by molar-refractivity contribution is 0.175. The highest BCUT2D eigenvalue weighted by atomic mass is 79.9. The van der Waals surface area contributed by atoms with Crippen molar-refractivity contribution in [2.75, 3.05) is 32.6 Å². The molecule has 0 aliphatic carbocycles. The summed E-state index contributed by atoms with van der Waals surface area (Å²) >= 11 is 4.88. The molecule has 96 valence electrons. The van der Waals surface area contributed by atoms with E-state index in [1.807, 2.05) is 12.1 Å². The fourth-order valence-electron chi connectivity index (χ4n) is 1.13. The maximum atomic E-state index is 9.70. The Morgan fingerprint density at radius 1 is 1.59 bits per heavy atom. The van der Waals surface area contributed by atoms with Gasteiger partial charge in [-0.1, -0.05) is 0 Å². The Morgan fingerprint density at radius 2 is 2.41 bits per heavy atom. The smallest absolute Gasteiger partial charge is 0.0961 e. The lowest BCUT2D eigenvalue weighted by Crippen LogP contribution is -2.30. The highest BCUT2D eigenvalue weighted by Gasteiger charge is 2.05. The van der Waals surface area contributed by atoms with Gasteiger partial charge < -0.3 is 15.2 Å². The molecule has 2 N–H and O–H groups in total. The number of methoxy groups -OCH3 is 1. The number of thioether (sulfide) groups is 1. The van der Waals surface area contributed by atoms with Crippen molar-refractivity contribution >= 4 is 27.7 Å². The number of hydrogen-bond acceptors (Lipinski definition) is 5. The monoisotopic (exact) mass is 320 g/mol. The maximum Gasteiger partial charge on any atom is 0.0961 e. The van der Waals surface area contributed by atoms with Crippen molar-refractivity contribution in [1.29, 1.82) is 0 Å². The topological polar surface area (TPSA) is 54.4 Å². The predicted octanol–water partition coefficient (Wildman–Crippen LogP) is 1.53. The number of pyridine rings is 1. The molecule has 0 radical (unpaired) electrons. The van der Waals surface area contributed by atoms with Gasteiger partial charge in [0.15, 0.2) is 0 Å². The lowest BCUT2D eigenvalue weighted by atomic mass is 10.4. The molecule has 1 unspecified atom stereocenters. The molecule has 0 aliphatic heterocycles. The Hall–Kier alpha value is -0.140. The molecule has 1 heterocycles. The van der Waals surface area contributed by atoms with Gasteiger partial charge in [-0.3, -0.25) is 0 Å². The molecule has 1 atom stereocenters. The van der Waals surface area contributed by atoms with Gasteiger partial charge in [0.2, 0.25) is 0 Å². The SMILES string of the molecule is COCCNCC(O)CSc1ccc(Br)cn1. The van der Waals surface area contributed by atoms with Crippen molar-refractivity contribution in [2.24, 2.45) is 0 Å². The first-order valence-corrected chi connectivity index (χ1v) is 7.12. The van der Waals surface area contributed by atoms with Gasteiger partial charge in [-0.05, 0) is 28.1 Å². The summed E-state index contributed by atoms with van der Waals surface area (Å²) in [6, 6.07) is 3.87. The second-order valence-corrected chi connectivity index (χ2v) is 5.43. The molecule has 0 fully saturated rings. The zero-order chi connectivity index (χ0) is 12.5. The number of halogens is 1.